The number of nitrogens with one attached hydrogen (secondary N) is 1. The molecule has 1 aliphatic carbocycles. The predicted octanol–water partition coefficient (Wildman–Crippen LogP) is 1.94. The number of morpholine rings is 1. The highest BCUT2D eigenvalue weighted by Crippen LogP contribution is 2.47. The highest BCUT2D eigenvalue weighted by molar-refractivity contribution is 5.80. The third kappa shape index (κ3) is 3.82. The number of guanidine groups is 1. The quantitative estimate of drug-likeness (QED) is 0.634. The molecule has 0 bridgehead atoms. The van der Waals surface area contributed by atoms with E-state index in [9.17, 15) is 0 Å². The van der Waals surface area contributed by atoms with Crippen LogP contribution in [-0.2, 0) is 4.74 Å². The van der Waals surface area contributed by atoms with Gasteiger partial charge in [-0.2, -0.15) is 0 Å². The molecule has 3 fully saturated rings. The van der Waals surface area contributed by atoms with E-state index in [1.54, 1.807) is 0 Å². The van der Waals surface area contributed by atoms with Crippen LogP contribution in [0.1, 0.15) is 46.5 Å². The number of hydrogen-bond donors (Lipinski definition) is 1. The highest BCUT2D eigenvalue weighted by atomic mass is 16.5. The van der Waals surface area contributed by atoms with Crippen molar-refractivity contribution in [3.63, 3.8) is 0 Å². The maximum atomic E-state index is 5.48. The third-order valence-corrected chi connectivity index (χ3v) is 5.97. The molecule has 1 spiro atoms. The molecular formula is C18H34N4O. The molecule has 132 valence electrons. The first-order valence-electron chi connectivity index (χ1n) is 9.41. The smallest absolute Gasteiger partial charge is 0.193 e. The molecule has 0 radical (unpaired) electrons. The summed E-state index contributed by atoms with van der Waals surface area (Å²) in [6.07, 6.45) is 5.61. The first-order chi connectivity index (χ1) is 11.0. The van der Waals surface area contributed by atoms with Crippen LogP contribution in [0.4, 0.5) is 0 Å². The lowest BCUT2D eigenvalue weighted by molar-refractivity contribution is -0.00689. The van der Waals surface area contributed by atoms with Crippen LogP contribution in [0.5, 0.6) is 0 Å². The Morgan fingerprint density at radius 1 is 1.17 bits per heavy atom. The molecule has 0 atom stereocenters. The standard InChI is InChI=1S/C18H34N4O/c1-4-19-16(21-9-8-18(15-21)6-5-7-18)20-14-17(2,3)22-10-12-23-13-11-22/h4-15H2,1-3H3,(H,19,20). The van der Waals surface area contributed by atoms with Gasteiger partial charge in [0.2, 0.25) is 0 Å². The Bertz CT molecular complexity index is 425. The van der Waals surface area contributed by atoms with E-state index in [2.05, 4.69) is 35.9 Å². The van der Waals surface area contributed by atoms with Gasteiger partial charge in [0, 0.05) is 38.3 Å². The molecule has 1 saturated carbocycles. The normalized spacial score (nSPS) is 25.7. The van der Waals surface area contributed by atoms with Crippen molar-refractivity contribution in [2.75, 3.05) is 52.5 Å². The van der Waals surface area contributed by atoms with Gasteiger partial charge in [-0.05, 0) is 45.4 Å². The molecular weight excluding hydrogens is 288 g/mol. The predicted molar refractivity (Wildman–Crippen MR) is 94.9 cm³/mol. The number of aliphatic imine (C=N–C) groups is 1. The molecule has 2 heterocycles. The summed E-state index contributed by atoms with van der Waals surface area (Å²) >= 11 is 0. The van der Waals surface area contributed by atoms with E-state index in [0.29, 0.717) is 5.41 Å². The van der Waals surface area contributed by atoms with Gasteiger partial charge in [0.1, 0.15) is 0 Å². The van der Waals surface area contributed by atoms with Crippen molar-refractivity contribution in [2.24, 2.45) is 10.4 Å². The molecule has 3 aliphatic rings. The van der Waals surface area contributed by atoms with E-state index in [0.717, 1.165) is 45.4 Å². The minimum Gasteiger partial charge on any atom is -0.379 e. The molecule has 0 unspecified atom stereocenters. The zero-order chi connectivity index (χ0) is 16.3. The van der Waals surface area contributed by atoms with Gasteiger partial charge in [-0.25, -0.2) is 0 Å². The molecule has 23 heavy (non-hydrogen) atoms. The third-order valence-electron chi connectivity index (χ3n) is 5.97. The Balaban J connectivity index is 1.61. The number of hydrogen-bond acceptors (Lipinski definition) is 3. The maximum Gasteiger partial charge on any atom is 0.193 e. The van der Waals surface area contributed by atoms with E-state index in [4.69, 9.17) is 9.73 Å². The Morgan fingerprint density at radius 2 is 1.91 bits per heavy atom. The van der Waals surface area contributed by atoms with Crippen LogP contribution in [0.3, 0.4) is 0 Å². The van der Waals surface area contributed by atoms with Gasteiger partial charge < -0.3 is 15.0 Å². The first kappa shape index (κ1) is 17.0. The van der Waals surface area contributed by atoms with Gasteiger partial charge in [-0.15, -0.1) is 0 Å². The molecule has 2 aliphatic heterocycles. The Hall–Kier alpha value is -0.810. The summed E-state index contributed by atoms with van der Waals surface area (Å²) in [6.45, 7) is 14.7. The number of ether oxygens (including phenoxy) is 1. The van der Waals surface area contributed by atoms with Gasteiger partial charge in [-0.1, -0.05) is 6.42 Å². The van der Waals surface area contributed by atoms with E-state index in [1.165, 1.54) is 38.8 Å². The van der Waals surface area contributed by atoms with Gasteiger partial charge in [0.25, 0.3) is 0 Å². The van der Waals surface area contributed by atoms with Crippen molar-refractivity contribution in [1.29, 1.82) is 0 Å². The fraction of sp³-hybridized carbons (Fsp3) is 0.944. The average molecular weight is 322 g/mol. The van der Waals surface area contributed by atoms with E-state index < -0.39 is 0 Å². The zero-order valence-electron chi connectivity index (χ0n) is 15.2. The minimum atomic E-state index is 0.0956. The van der Waals surface area contributed by atoms with Crippen molar-refractivity contribution >= 4 is 5.96 Å². The maximum absolute atomic E-state index is 5.48. The SMILES string of the molecule is CCNC(=NCC(C)(C)N1CCOCC1)N1CCC2(CCC2)C1. The van der Waals surface area contributed by atoms with E-state index in [-0.39, 0.29) is 5.54 Å². The molecule has 2 saturated heterocycles. The highest BCUT2D eigenvalue weighted by Gasteiger charge is 2.43. The number of likely N-dealkylation sites (tertiary alicyclic amines) is 1. The van der Waals surface area contributed by atoms with Crippen molar-refractivity contribution in [2.45, 2.75) is 52.0 Å². The number of nitrogens with zero attached hydrogens (tertiary/aromatic N) is 3. The summed E-state index contributed by atoms with van der Waals surface area (Å²) in [5.74, 6) is 1.12. The first-order valence-corrected chi connectivity index (χ1v) is 9.41. The Morgan fingerprint density at radius 3 is 2.48 bits per heavy atom. The minimum absolute atomic E-state index is 0.0956. The Labute approximate surface area is 141 Å². The molecule has 3 rings (SSSR count). The van der Waals surface area contributed by atoms with Gasteiger partial charge in [0.05, 0.1) is 19.8 Å². The van der Waals surface area contributed by atoms with Gasteiger partial charge in [0.15, 0.2) is 5.96 Å². The van der Waals surface area contributed by atoms with Crippen LogP contribution < -0.4 is 5.32 Å². The lowest BCUT2D eigenvalue weighted by Crippen LogP contribution is -2.52. The summed E-state index contributed by atoms with van der Waals surface area (Å²) < 4.78 is 5.48. The summed E-state index contributed by atoms with van der Waals surface area (Å²) in [5.41, 5.74) is 0.717. The topological polar surface area (TPSA) is 40.1 Å². The lowest BCUT2D eigenvalue weighted by atomic mass is 9.68. The fourth-order valence-corrected chi connectivity index (χ4v) is 4.16. The second-order valence-electron chi connectivity index (χ2n) is 8.11. The van der Waals surface area contributed by atoms with Crippen molar-refractivity contribution in [3.8, 4) is 0 Å². The Kier molecular flexibility index (Phi) is 5.16. The van der Waals surface area contributed by atoms with Crippen molar-refractivity contribution < 1.29 is 4.74 Å². The van der Waals surface area contributed by atoms with E-state index >= 15 is 0 Å². The average Bonchev–Trinajstić information content (AvgIpc) is 2.98. The van der Waals surface area contributed by atoms with Crippen LogP contribution in [-0.4, -0.2) is 73.8 Å². The van der Waals surface area contributed by atoms with Gasteiger partial charge in [-0.3, -0.25) is 9.89 Å². The molecule has 0 amide bonds. The molecule has 5 nitrogen and oxygen atoms in total. The van der Waals surface area contributed by atoms with E-state index in [1.807, 2.05) is 0 Å². The second-order valence-corrected chi connectivity index (χ2v) is 8.11. The zero-order valence-corrected chi connectivity index (χ0v) is 15.2. The summed E-state index contributed by atoms with van der Waals surface area (Å²) in [5, 5.41) is 3.52. The molecule has 0 aromatic rings. The molecule has 0 aromatic heterocycles. The van der Waals surface area contributed by atoms with Crippen LogP contribution in [0.25, 0.3) is 0 Å². The second kappa shape index (κ2) is 6.98. The lowest BCUT2D eigenvalue weighted by Gasteiger charge is -2.40. The molecule has 5 heteroatoms. The largest absolute Gasteiger partial charge is 0.379 e. The summed E-state index contributed by atoms with van der Waals surface area (Å²) in [4.78, 5) is 10.0. The van der Waals surface area contributed by atoms with Crippen molar-refractivity contribution in [3.05, 3.63) is 0 Å². The fourth-order valence-electron chi connectivity index (χ4n) is 4.16. The molecule has 0 aromatic carbocycles. The van der Waals surface area contributed by atoms with Crippen LogP contribution >= 0.6 is 0 Å². The van der Waals surface area contributed by atoms with Crippen LogP contribution in [0, 0.1) is 5.41 Å². The number of rotatable bonds is 4. The van der Waals surface area contributed by atoms with Crippen LogP contribution in [0.15, 0.2) is 4.99 Å². The summed E-state index contributed by atoms with van der Waals surface area (Å²) in [6, 6.07) is 0. The monoisotopic (exact) mass is 322 g/mol. The van der Waals surface area contributed by atoms with Crippen molar-refractivity contribution in [1.82, 2.24) is 15.1 Å². The van der Waals surface area contributed by atoms with Crippen LogP contribution in [0.2, 0.25) is 0 Å². The summed E-state index contributed by atoms with van der Waals surface area (Å²) in [7, 11) is 0. The molecule has 1 N–H and O–H groups in total. The van der Waals surface area contributed by atoms with Gasteiger partial charge >= 0.3 is 0 Å².